The highest BCUT2D eigenvalue weighted by Crippen LogP contribution is 1.79. The Morgan fingerprint density at radius 3 is 1.86 bits per heavy atom. The molecule has 0 radical (unpaired) electrons. The first-order chi connectivity index (χ1) is 3.39. The van der Waals surface area contributed by atoms with Crippen molar-refractivity contribution in [1.82, 2.24) is 0 Å². The Labute approximate surface area is 43.9 Å². The molecule has 1 N–H and O–H groups in total. The van der Waals surface area contributed by atoms with Gasteiger partial charge in [0.2, 0.25) is 0 Å². The molecule has 0 bridgehead atoms. The van der Waals surface area contributed by atoms with E-state index in [9.17, 15) is 0 Å². The molecule has 0 aliphatic heterocycles. The van der Waals surface area contributed by atoms with Gasteiger partial charge in [0.25, 0.3) is 8.64 Å². The fourth-order valence-corrected chi connectivity index (χ4v) is 1.16. The summed E-state index contributed by atoms with van der Waals surface area (Å²) in [6.45, 7) is 0. The number of rotatable bonds is 0. The molecule has 0 spiro atoms. The van der Waals surface area contributed by atoms with Crippen molar-refractivity contribution in [2.75, 3.05) is 0 Å². The summed E-state index contributed by atoms with van der Waals surface area (Å²) in [6.07, 6.45) is 0. The van der Waals surface area contributed by atoms with E-state index < -0.39 is 8.64 Å². The van der Waals surface area contributed by atoms with Crippen LogP contribution in [0.1, 0.15) is 0 Å². The summed E-state index contributed by atoms with van der Waals surface area (Å²) in [5, 5.41) is 0. The van der Waals surface area contributed by atoms with Gasteiger partial charge < -0.3 is 4.80 Å². The van der Waals surface area contributed by atoms with Gasteiger partial charge in [0.15, 0.2) is 0 Å². The van der Waals surface area contributed by atoms with Gasteiger partial charge in [-0.05, 0) is 11.4 Å². The van der Waals surface area contributed by atoms with Crippen LogP contribution in [0.5, 0.6) is 0 Å². The third-order valence-electron chi connectivity index (χ3n) is 0.756. The van der Waals surface area contributed by atoms with Gasteiger partial charge in [-0.25, -0.2) is 0 Å². The first-order valence-electron chi connectivity index (χ1n) is 2.13. The first kappa shape index (κ1) is 4.52. The smallest absolute Gasteiger partial charge is 0.258 e. The van der Waals surface area contributed by atoms with Crippen LogP contribution in [0.4, 0.5) is 0 Å². The molecular formula is C5H6OSi. The molecular weight excluding hydrogens is 104 g/mol. The lowest BCUT2D eigenvalue weighted by molar-refractivity contribution is 0.607. The van der Waals surface area contributed by atoms with E-state index in [1.165, 1.54) is 0 Å². The predicted octanol–water partition coefficient (Wildman–Crippen LogP) is 0.468. The van der Waals surface area contributed by atoms with E-state index in [1.54, 1.807) is 0 Å². The summed E-state index contributed by atoms with van der Waals surface area (Å²) in [6, 6.07) is 5.65. The van der Waals surface area contributed by atoms with Crippen LogP contribution >= 0.6 is 0 Å². The van der Waals surface area contributed by atoms with Crippen molar-refractivity contribution in [3.63, 3.8) is 0 Å². The summed E-state index contributed by atoms with van der Waals surface area (Å²) in [5.74, 6) is 0. The summed E-state index contributed by atoms with van der Waals surface area (Å²) in [5.41, 5.74) is 3.65. The Morgan fingerprint density at radius 2 is 1.57 bits per heavy atom. The lowest BCUT2D eigenvalue weighted by atomic mass is 10.6. The summed E-state index contributed by atoms with van der Waals surface area (Å²) < 4.78 is 0. The Morgan fingerprint density at radius 1 is 1.00 bits per heavy atom. The second-order valence-electron chi connectivity index (χ2n) is 1.34. The van der Waals surface area contributed by atoms with Gasteiger partial charge in [-0.2, -0.15) is 0 Å². The first-order valence-corrected chi connectivity index (χ1v) is 3.74. The average molecular weight is 110 g/mol. The van der Waals surface area contributed by atoms with Gasteiger partial charge in [0.05, 0.1) is 0 Å². The third kappa shape index (κ3) is 1.12. The molecule has 0 aliphatic carbocycles. The van der Waals surface area contributed by atoms with Crippen molar-refractivity contribution in [3.05, 3.63) is 29.6 Å². The topological polar surface area (TPSA) is 20.2 Å². The zero-order valence-corrected chi connectivity index (χ0v) is 4.83. The van der Waals surface area contributed by atoms with Crippen LogP contribution in [0.2, 0.25) is 0 Å². The SMILES string of the molecule is O[si]1ccccc1. The molecule has 36 valence electrons. The fraction of sp³-hybridized carbons (Fsp3) is 0. The lowest BCUT2D eigenvalue weighted by Crippen LogP contribution is -1.87. The van der Waals surface area contributed by atoms with E-state index in [4.69, 9.17) is 4.80 Å². The van der Waals surface area contributed by atoms with Gasteiger partial charge in [-0.1, -0.05) is 18.2 Å². The van der Waals surface area contributed by atoms with Gasteiger partial charge in [-0.3, -0.25) is 0 Å². The zero-order chi connectivity index (χ0) is 5.11. The summed E-state index contributed by atoms with van der Waals surface area (Å²) in [4.78, 5) is 8.82. The van der Waals surface area contributed by atoms with E-state index in [2.05, 4.69) is 0 Å². The van der Waals surface area contributed by atoms with Crippen LogP contribution in [-0.4, -0.2) is 13.4 Å². The van der Waals surface area contributed by atoms with Crippen molar-refractivity contribution in [3.8, 4) is 0 Å². The van der Waals surface area contributed by atoms with E-state index in [1.807, 2.05) is 29.6 Å². The number of hydrogen-bond donors (Lipinski definition) is 1. The molecule has 0 amide bonds. The van der Waals surface area contributed by atoms with Crippen LogP contribution in [0.25, 0.3) is 0 Å². The highest BCUT2D eigenvalue weighted by molar-refractivity contribution is 6.41. The van der Waals surface area contributed by atoms with E-state index in [-0.39, 0.29) is 0 Å². The number of hydrogen-bond acceptors (Lipinski definition) is 1. The van der Waals surface area contributed by atoms with E-state index >= 15 is 0 Å². The highest BCUT2D eigenvalue weighted by Gasteiger charge is 1.78. The third-order valence-corrected chi connectivity index (χ3v) is 1.82. The molecule has 1 aromatic rings. The molecule has 0 aromatic carbocycles. The Hall–Kier alpha value is -0.633. The minimum atomic E-state index is -1.19. The maximum absolute atomic E-state index is 8.82. The van der Waals surface area contributed by atoms with Crippen molar-refractivity contribution < 1.29 is 4.80 Å². The van der Waals surface area contributed by atoms with Crippen molar-refractivity contribution in [2.45, 2.75) is 0 Å². The molecule has 1 aromatic heterocycles. The fourth-order valence-electron chi connectivity index (χ4n) is 0.428. The normalized spacial score (nSPS) is 8.57. The second kappa shape index (κ2) is 1.89. The molecule has 0 unspecified atom stereocenters. The van der Waals surface area contributed by atoms with E-state index in [0.717, 1.165) is 0 Å². The molecule has 0 fully saturated rings. The van der Waals surface area contributed by atoms with Gasteiger partial charge in [-0.15, -0.1) is 0 Å². The Bertz CT molecular complexity index is 138. The van der Waals surface area contributed by atoms with Crippen LogP contribution in [-0.2, 0) is 0 Å². The molecule has 2 heteroatoms. The maximum atomic E-state index is 8.82. The zero-order valence-electron chi connectivity index (χ0n) is 3.83. The summed E-state index contributed by atoms with van der Waals surface area (Å²) >= 11 is 0. The summed E-state index contributed by atoms with van der Waals surface area (Å²) in [7, 11) is -1.19. The average Bonchev–Trinajstić information content (AvgIpc) is 1.69. The van der Waals surface area contributed by atoms with Crippen LogP contribution in [0, 0.1) is 0 Å². The van der Waals surface area contributed by atoms with Gasteiger partial charge in [0.1, 0.15) is 0 Å². The second-order valence-corrected chi connectivity index (χ2v) is 2.85. The maximum Gasteiger partial charge on any atom is 0.258 e. The highest BCUT2D eigenvalue weighted by atomic mass is 28.2. The largest absolute Gasteiger partial charge is 0.563 e. The quantitative estimate of drug-likeness (QED) is 0.481. The minimum absolute atomic E-state index is 1.19. The molecule has 7 heavy (non-hydrogen) atoms. The molecule has 1 nitrogen and oxygen atoms in total. The van der Waals surface area contributed by atoms with Gasteiger partial charge in [0, 0.05) is 0 Å². The molecule has 0 atom stereocenters. The molecule has 1 rings (SSSR count). The van der Waals surface area contributed by atoms with Crippen molar-refractivity contribution in [2.24, 2.45) is 0 Å². The van der Waals surface area contributed by atoms with Crippen LogP contribution in [0.15, 0.2) is 29.6 Å². The molecule has 0 aliphatic rings. The van der Waals surface area contributed by atoms with Crippen molar-refractivity contribution >= 4 is 8.64 Å². The molecule has 1 heterocycles. The minimum Gasteiger partial charge on any atom is -0.563 e. The van der Waals surface area contributed by atoms with Crippen LogP contribution < -0.4 is 0 Å². The monoisotopic (exact) mass is 110 g/mol. The Kier molecular flexibility index (Phi) is 1.22. The predicted molar refractivity (Wildman–Crippen MR) is 30.0 cm³/mol. The lowest BCUT2D eigenvalue weighted by Gasteiger charge is -1.80. The van der Waals surface area contributed by atoms with Gasteiger partial charge >= 0.3 is 0 Å². The Balaban J connectivity index is 3.02. The standard InChI is InChI=1S/C5H6OSi/c6-7-4-2-1-3-5-7/h1-6H. The van der Waals surface area contributed by atoms with Crippen LogP contribution in [0.3, 0.4) is 0 Å². The molecule has 0 saturated carbocycles. The van der Waals surface area contributed by atoms with Crippen molar-refractivity contribution in [1.29, 1.82) is 0 Å². The molecule has 0 saturated heterocycles. The van der Waals surface area contributed by atoms with E-state index in [0.29, 0.717) is 0 Å².